The first-order valence-electron chi connectivity index (χ1n) is 11.5. The number of hydrogen-bond donors (Lipinski definition) is 2. The summed E-state index contributed by atoms with van der Waals surface area (Å²) < 4.78 is 1.36. The van der Waals surface area contributed by atoms with E-state index in [1.54, 1.807) is 0 Å². The summed E-state index contributed by atoms with van der Waals surface area (Å²) in [6.07, 6.45) is 3.73. The summed E-state index contributed by atoms with van der Waals surface area (Å²) in [5.74, 6) is 0.0379. The molecule has 1 aromatic carbocycles. The molecule has 0 aliphatic heterocycles. The first-order chi connectivity index (χ1) is 15.3. The number of amides is 1. The highest BCUT2D eigenvalue weighted by Crippen LogP contribution is 2.29. The van der Waals surface area contributed by atoms with Crippen LogP contribution in [0.2, 0.25) is 0 Å². The Morgan fingerprint density at radius 1 is 1.22 bits per heavy atom. The number of aromatic amines is 1. The molecule has 174 valence electrons. The molecule has 0 bridgehead atoms. The van der Waals surface area contributed by atoms with Crippen molar-refractivity contribution >= 4 is 17.4 Å². The Bertz CT molecular complexity index is 1020. The van der Waals surface area contributed by atoms with Gasteiger partial charge >= 0.3 is 5.69 Å². The smallest absolute Gasteiger partial charge is 0.330 e. The van der Waals surface area contributed by atoms with Crippen molar-refractivity contribution in [2.24, 2.45) is 5.92 Å². The number of benzene rings is 1. The number of nitrogens with two attached hydrogens (primary N) is 1. The van der Waals surface area contributed by atoms with Gasteiger partial charge in [-0.3, -0.25) is 24.0 Å². The predicted octanol–water partition coefficient (Wildman–Crippen LogP) is 2.57. The van der Waals surface area contributed by atoms with Crippen molar-refractivity contribution in [3.05, 3.63) is 56.7 Å². The lowest BCUT2D eigenvalue weighted by Gasteiger charge is -2.28. The van der Waals surface area contributed by atoms with Crippen molar-refractivity contribution in [3.63, 3.8) is 0 Å². The zero-order valence-corrected chi connectivity index (χ0v) is 19.3. The van der Waals surface area contributed by atoms with E-state index in [4.69, 9.17) is 5.73 Å². The molecule has 32 heavy (non-hydrogen) atoms. The van der Waals surface area contributed by atoms with Crippen molar-refractivity contribution < 1.29 is 4.79 Å². The fourth-order valence-corrected chi connectivity index (χ4v) is 3.89. The third-order valence-electron chi connectivity index (χ3n) is 5.70. The Morgan fingerprint density at radius 2 is 1.91 bits per heavy atom. The molecule has 1 fully saturated rings. The van der Waals surface area contributed by atoms with Crippen LogP contribution in [0.5, 0.6) is 0 Å². The van der Waals surface area contributed by atoms with E-state index in [1.807, 2.05) is 39.0 Å². The number of nitrogens with zero attached hydrogens (tertiary/aromatic N) is 3. The van der Waals surface area contributed by atoms with Crippen LogP contribution in [0, 0.1) is 5.92 Å². The van der Waals surface area contributed by atoms with Gasteiger partial charge in [0.25, 0.3) is 5.56 Å². The van der Waals surface area contributed by atoms with Crippen LogP contribution in [0.15, 0.2) is 39.9 Å². The predicted molar refractivity (Wildman–Crippen MR) is 128 cm³/mol. The van der Waals surface area contributed by atoms with Crippen molar-refractivity contribution in [3.8, 4) is 0 Å². The van der Waals surface area contributed by atoms with Crippen LogP contribution in [0.3, 0.4) is 0 Å². The molecule has 0 spiro atoms. The molecule has 8 nitrogen and oxygen atoms in total. The number of aromatic nitrogens is 2. The third-order valence-corrected chi connectivity index (χ3v) is 5.70. The number of nitrogen functional groups attached to an aromatic ring is 1. The van der Waals surface area contributed by atoms with E-state index in [1.165, 1.54) is 9.47 Å². The SMILES string of the molecule is CCCCN(C(=O)CN(Cc1ccccc1)C1CC1)c1c(N)n(CC(C)C)c(=O)[nH]c1=O. The van der Waals surface area contributed by atoms with Crippen LogP contribution in [-0.4, -0.2) is 39.5 Å². The highest BCUT2D eigenvalue weighted by Gasteiger charge is 2.33. The Balaban J connectivity index is 1.91. The highest BCUT2D eigenvalue weighted by atomic mass is 16.2. The maximum Gasteiger partial charge on any atom is 0.330 e. The number of carbonyl (C=O) groups is 1. The Labute approximate surface area is 189 Å². The second kappa shape index (κ2) is 10.6. The quantitative estimate of drug-likeness (QED) is 0.558. The van der Waals surface area contributed by atoms with E-state index < -0.39 is 11.2 Å². The molecule has 0 unspecified atom stereocenters. The molecule has 2 aromatic rings. The number of nitrogens with one attached hydrogen (secondary N) is 1. The summed E-state index contributed by atoms with van der Waals surface area (Å²) in [5, 5.41) is 0. The van der Waals surface area contributed by atoms with Crippen LogP contribution in [-0.2, 0) is 17.9 Å². The van der Waals surface area contributed by atoms with Gasteiger partial charge in [-0.05, 0) is 30.7 Å². The summed E-state index contributed by atoms with van der Waals surface area (Å²) >= 11 is 0. The minimum absolute atomic E-state index is 0.0536. The van der Waals surface area contributed by atoms with Gasteiger partial charge in [0, 0.05) is 25.7 Å². The van der Waals surface area contributed by atoms with Crippen molar-refractivity contribution in [2.45, 2.75) is 65.6 Å². The average Bonchev–Trinajstić information content (AvgIpc) is 3.59. The van der Waals surface area contributed by atoms with Gasteiger partial charge in [0.15, 0.2) is 5.69 Å². The molecule has 8 heteroatoms. The van der Waals surface area contributed by atoms with Crippen molar-refractivity contribution in [1.82, 2.24) is 14.5 Å². The summed E-state index contributed by atoms with van der Waals surface area (Å²) in [7, 11) is 0. The molecule has 3 rings (SSSR count). The molecule has 1 heterocycles. The molecule has 3 N–H and O–H groups in total. The largest absolute Gasteiger partial charge is 0.383 e. The molecule has 1 aromatic heterocycles. The molecule has 1 saturated carbocycles. The van der Waals surface area contributed by atoms with Gasteiger partial charge in [-0.2, -0.15) is 0 Å². The maximum atomic E-state index is 13.5. The van der Waals surface area contributed by atoms with Gasteiger partial charge in [-0.1, -0.05) is 57.5 Å². The fraction of sp³-hybridized carbons (Fsp3) is 0.542. The van der Waals surface area contributed by atoms with Gasteiger partial charge in [0.05, 0.1) is 6.54 Å². The Kier molecular flexibility index (Phi) is 7.90. The highest BCUT2D eigenvalue weighted by molar-refractivity contribution is 5.96. The van der Waals surface area contributed by atoms with Gasteiger partial charge in [0.1, 0.15) is 5.82 Å². The zero-order valence-electron chi connectivity index (χ0n) is 19.3. The molecule has 0 radical (unpaired) electrons. The van der Waals surface area contributed by atoms with Gasteiger partial charge in [0.2, 0.25) is 5.91 Å². The molecule has 1 aliphatic rings. The van der Waals surface area contributed by atoms with Crippen LogP contribution >= 0.6 is 0 Å². The summed E-state index contributed by atoms with van der Waals surface area (Å²) in [4.78, 5) is 44.6. The lowest BCUT2D eigenvalue weighted by atomic mass is 10.2. The normalized spacial score (nSPS) is 13.7. The number of H-pyrrole nitrogens is 1. The Morgan fingerprint density at radius 3 is 2.50 bits per heavy atom. The summed E-state index contributed by atoms with van der Waals surface area (Å²) in [6, 6.07) is 10.4. The van der Waals surface area contributed by atoms with E-state index in [0.717, 1.165) is 31.2 Å². The number of carbonyl (C=O) groups excluding carboxylic acids is 1. The topological polar surface area (TPSA) is 104 Å². The van der Waals surface area contributed by atoms with E-state index in [9.17, 15) is 14.4 Å². The second-order valence-electron chi connectivity index (χ2n) is 9.02. The first kappa shape index (κ1) is 23.8. The minimum atomic E-state index is -0.613. The molecule has 0 saturated heterocycles. The van der Waals surface area contributed by atoms with Crippen LogP contribution in [0.4, 0.5) is 11.5 Å². The van der Waals surface area contributed by atoms with E-state index in [-0.39, 0.29) is 29.9 Å². The van der Waals surface area contributed by atoms with Gasteiger partial charge in [-0.25, -0.2) is 4.79 Å². The number of anilines is 2. The minimum Gasteiger partial charge on any atom is -0.383 e. The number of rotatable bonds is 11. The lowest BCUT2D eigenvalue weighted by Crippen LogP contribution is -2.46. The van der Waals surface area contributed by atoms with Gasteiger partial charge < -0.3 is 10.6 Å². The molecule has 0 atom stereocenters. The van der Waals surface area contributed by atoms with Gasteiger partial charge in [-0.15, -0.1) is 0 Å². The molecular weight excluding hydrogens is 406 g/mol. The van der Waals surface area contributed by atoms with Crippen LogP contribution in [0.25, 0.3) is 0 Å². The summed E-state index contributed by atoms with van der Waals surface area (Å²) in [5.41, 5.74) is 6.38. The fourth-order valence-electron chi connectivity index (χ4n) is 3.89. The standard InChI is InChI=1S/C24H35N5O3/c1-4-5-13-28(21-22(25)29(14-17(2)3)24(32)26-23(21)31)20(30)16-27(19-11-12-19)15-18-9-7-6-8-10-18/h6-10,17,19H,4-5,11-16,25H2,1-3H3,(H,26,31,32). The monoisotopic (exact) mass is 441 g/mol. The van der Waals surface area contributed by atoms with E-state index >= 15 is 0 Å². The lowest BCUT2D eigenvalue weighted by molar-refractivity contribution is -0.120. The maximum absolute atomic E-state index is 13.5. The number of unbranched alkanes of at least 4 members (excludes halogenated alkanes) is 1. The van der Waals surface area contributed by atoms with E-state index in [0.29, 0.717) is 25.7 Å². The first-order valence-corrected chi connectivity index (χ1v) is 11.5. The average molecular weight is 442 g/mol. The van der Waals surface area contributed by atoms with Crippen LogP contribution in [0.1, 0.15) is 52.0 Å². The van der Waals surface area contributed by atoms with Crippen molar-refractivity contribution in [1.29, 1.82) is 0 Å². The zero-order chi connectivity index (χ0) is 23.3. The third kappa shape index (κ3) is 5.88. The second-order valence-corrected chi connectivity index (χ2v) is 9.02. The molecule has 1 amide bonds. The molecule has 1 aliphatic carbocycles. The Hall–Kier alpha value is -2.87. The number of hydrogen-bond acceptors (Lipinski definition) is 5. The van der Waals surface area contributed by atoms with Crippen molar-refractivity contribution in [2.75, 3.05) is 23.7 Å². The van der Waals surface area contributed by atoms with Crippen LogP contribution < -0.4 is 21.9 Å². The summed E-state index contributed by atoms with van der Waals surface area (Å²) in [6.45, 7) is 7.59. The van der Waals surface area contributed by atoms with E-state index in [2.05, 4.69) is 22.0 Å². The molecular formula is C24H35N5O3.